The molecule has 4 rings (SSSR count). The van der Waals surface area contributed by atoms with E-state index in [1.54, 1.807) is 4.68 Å². The average Bonchev–Trinajstić information content (AvgIpc) is 2.96. The summed E-state index contributed by atoms with van der Waals surface area (Å²) in [6.07, 6.45) is 1.56. The Kier molecular flexibility index (Phi) is 2.82. The lowest BCUT2D eigenvalue weighted by Gasteiger charge is -2.14. The van der Waals surface area contributed by atoms with Gasteiger partial charge >= 0.3 is 5.97 Å². The van der Waals surface area contributed by atoms with Crippen LogP contribution in [0.5, 0.6) is 0 Å². The number of nitrogens with zero attached hydrogens (tertiary/aromatic N) is 2. The molecule has 1 aliphatic rings. The van der Waals surface area contributed by atoms with E-state index in [4.69, 9.17) is 0 Å². The first kappa shape index (κ1) is 12.8. The molecule has 3 aromatic rings. The predicted octanol–water partition coefficient (Wildman–Crippen LogP) is 3.34. The third-order valence-corrected chi connectivity index (χ3v) is 4.10. The molecule has 0 unspecified atom stereocenters. The summed E-state index contributed by atoms with van der Waals surface area (Å²) in [6, 6.07) is 17.5. The van der Waals surface area contributed by atoms with Crippen molar-refractivity contribution >= 4 is 5.97 Å². The van der Waals surface area contributed by atoms with Crippen molar-refractivity contribution < 1.29 is 9.90 Å². The molecule has 0 bridgehead atoms. The molecule has 1 N–H and O–H groups in total. The van der Waals surface area contributed by atoms with Crippen molar-refractivity contribution in [1.29, 1.82) is 0 Å². The molecule has 0 atom stereocenters. The minimum atomic E-state index is -0.933. The Labute approximate surface area is 127 Å². The van der Waals surface area contributed by atoms with Crippen LogP contribution >= 0.6 is 0 Å². The highest BCUT2D eigenvalue weighted by Crippen LogP contribution is 2.35. The van der Waals surface area contributed by atoms with Gasteiger partial charge in [0.05, 0.1) is 11.4 Å². The lowest BCUT2D eigenvalue weighted by molar-refractivity contribution is 0.0685. The summed E-state index contributed by atoms with van der Waals surface area (Å²) >= 11 is 0. The Morgan fingerprint density at radius 3 is 2.50 bits per heavy atom. The number of carboxylic acid groups (broad SMARTS) is 1. The minimum Gasteiger partial charge on any atom is -0.476 e. The Balaban J connectivity index is 2.00. The maximum Gasteiger partial charge on any atom is 0.354 e. The highest BCUT2D eigenvalue weighted by molar-refractivity contribution is 5.91. The first-order chi connectivity index (χ1) is 10.8. The SMILES string of the molecule is O=C(O)c1c2c(nn1-c1ccccc1)-c1ccccc1CC2. The van der Waals surface area contributed by atoms with Gasteiger partial charge in [-0.05, 0) is 30.5 Å². The van der Waals surface area contributed by atoms with Crippen LogP contribution in [0.2, 0.25) is 0 Å². The molecule has 0 amide bonds. The second-order valence-corrected chi connectivity index (χ2v) is 5.39. The van der Waals surface area contributed by atoms with Gasteiger partial charge in [0.25, 0.3) is 0 Å². The van der Waals surface area contributed by atoms with Gasteiger partial charge in [0.2, 0.25) is 0 Å². The molecule has 1 aromatic heterocycles. The van der Waals surface area contributed by atoms with Gasteiger partial charge in [0.15, 0.2) is 5.69 Å². The highest BCUT2D eigenvalue weighted by atomic mass is 16.4. The van der Waals surface area contributed by atoms with Crippen molar-refractivity contribution in [2.24, 2.45) is 0 Å². The molecule has 0 fully saturated rings. The van der Waals surface area contributed by atoms with Gasteiger partial charge in [-0.25, -0.2) is 9.48 Å². The smallest absolute Gasteiger partial charge is 0.354 e. The normalized spacial score (nSPS) is 12.5. The summed E-state index contributed by atoms with van der Waals surface area (Å²) in [5.74, 6) is -0.933. The zero-order chi connectivity index (χ0) is 15.1. The molecule has 4 heteroatoms. The van der Waals surface area contributed by atoms with Crippen LogP contribution in [0.15, 0.2) is 54.6 Å². The van der Waals surface area contributed by atoms with Crippen LogP contribution in [-0.4, -0.2) is 20.9 Å². The highest BCUT2D eigenvalue weighted by Gasteiger charge is 2.28. The average molecular weight is 290 g/mol. The molecule has 108 valence electrons. The van der Waals surface area contributed by atoms with Gasteiger partial charge in [-0.15, -0.1) is 0 Å². The van der Waals surface area contributed by atoms with Crippen molar-refractivity contribution in [3.63, 3.8) is 0 Å². The van der Waals surface area contributed by atoms with E-state index >= 15 is 0 Å². The van der Waals surface area contributed by atoms with Crippen LogP contribution in [0.4, 0.5) is 0 Å². The Morgan fingerprint density at radius 2 is 1.73 bits per heavy atom. The Bertz CT molecular complexity index is 866. The van der Waals surface area contributed by atoms with Gasteiger partial charge in [0, 0.05) is 11.1 Å². The maximum atomic E-state index is 11.8. The van der Waals surface area contributed by atoms with Crippen molar-refractivity contribution in [2.45, 2.75) is 12.8 Å². The number of aromatic nitrogens is 2. The standard InChI is InChI=1S/C18H14N2O2/c21-18(22)17-15-11-10-12-6-4-5-9-14(12)16(15)19-20(17)13-7-2-1-3-8-13/h1-9H,10-11H2,(H,21,22). The number of carboxylic acids is 1. The monoisotopic (exact) mass is 290 g/mol. The third-order valence-electron chi connectivity index (χ3n) is 4.10. The van der Waals surface area contributed by atoms with E-state index in [2.05, 4.69) is 11.2 Å². The molecule has 0 radical (unpaired) electrons. The molecule has 4 nitrogen and oxygen atoms in total. The van der Waals surface area contributed by atoms with E-state index < -0.39 is 5.97 Å². The van der Waals surface area contributed by atoms with Gasteiger partial charge in [-0.2, -0.15) is 5.10 Å². The summed E-state index contributed by atoms with van der Waals surface area (Å²) in [5, 5.41) is 14.3. The molecule has 0 saturated carbocycles. The van der Waals surface area contributed by atoms with Crippen LogP contribution in [0.25, 0.3) is 16.9 Å². The number of hydrogen-bond donors (Lipinski definition) is 1. The first-order valence-electron chi connectivity index (χ1n) is 7.24. The molecule has 1 aliphatic carbocycles. The molecule has 1 heterocycles. The quantitative estimate of drug-likeness (QED) is 0.787. The van der Waals surface area contributed by atoms with Gasteiger partial charge < -0.3 is 5.11 Å². The second kappa shape index (κ2) is 4.84. The number of aromatic carboxylic acids is 1. The van der Waals surface area contributed by atoms with Crippen molar-refractivity contribution in [2.75, 3.05) is 0 Å². The van der Waals surface area contributed by atoms with E-state index in [0.29, 0.717) is 6.42 Å². The predicted molar refractivity (Wildman–Crippen MR) is 83.4 cm³/mol. The van der Waals surface area contributed by atoms with Crippen LogP contribution in [-0.2, 0) is 12.8 Å². The zero-order valence-corrected chi connectivity index (χ0v) is 11.9. The number of fused-ring (bicyclic) bond motifs is 3. The molecule has 2 aromatic carbocycles. The minimum absolute atomic E-state index is 0.274. The summed E-state index contributed by atoms with van der Waals surface area (Å²) < 4.78 is 1.55. The van der Waals surface area contributed by atoms with E-state index in [1.807, 2.05) is 48.5 Å². The van der Waals surface area contributed by atoms with Gasteiger partial charge in [-0.3, -0.25) is 0 Å². The van der Waals surface area contributed by atoms with Crippen LogP contribution in [0.3, 0.4) is 0 Å². The van der Waals surface area contributed by atoms with E-state index in [1.165, 1.54) is 5.56 Å². The summed E-state index contributed by atoms with van der Waals surface area (Å²) in [6.45, 7) is 0. The van der Waals surface area contributed by atoms with Crippen molar-refractivity contribution in [3.05, 3.63) is 71.4 Å². The van der Waals surface area contributed by atoms with E-state index in [0.717, 1.165) is 28.9 Å². The van der Waals surface area contributed by atoms with Crippen LogP contribution in [0.1, 0.15) is 21.6 Å². The van der Waals surface area contributed by atoms with Gasteiger partial charge in [0.1, 0.15) is 0 Å². The molecule has 22 heavy (non-hydrogen) atoms. The first-order valence-corrected chi connectivity index (χ1v) is 7.24. The van der Waals surface area contributed by atoms with E-state index in [-0.39, 0.29) is 5.69 Å². The number of para-hydroxylation sites is 1. The summed E-state index contributed by atoms with van der Waals surface area (Å²) in [7, 11) is 0. The number of aryl methyl sites for hydroxylation is 1. The van der Waals surface area contributed by atoms with Gasteiger partial charge in [-0.1, -0.05) is 42.5 Å². The Hall–Kier alpha value is -2.88. The Morgan fingerprint density at radius 1 is 1.00 bits per heavy atom. The number of benzene rings is 2. The molecular formula is C18H14N2O2. The molecule has 0 saturated heterocycles. The van der Waals surface area contributed by atoms with Crippen LogP contribution in [0, 0.1) is 0 Å². The number of hydrogen-bond acceptors (Lipinski definition) is 2. The van der Waals surface area contributed by atoms with Crippen molar-refractivity contribution in [3.8, 4) is 16.9 Å². The topological polar surface area (TPSA) is 55.1 Å². The number of carbonyl (C=O) groups is 1. The fourth-order valence-electron chi connectivity index (χ4n) is 3.11. The summed E-state index contributed by atoms with van der Waals surface area (Å²) in [5.41, 5.74) is 4.94. The van der Waals surface area contributed by atoms with Crippen molar-refractivity contribution in [1.82, 2.24) is 9.78 Å². The number of rotatable bonds is 2. The largest absolute Gasteiger partial charge is 0.476 e. The van der Waals surface area contributed by atoms with Crippen LogP contribution < -0.4 is 0 Å². The molecule has 0 aliphatic heterocycles. The molecular weight excluding hydrogens is 276 g/mol. The third kappa shape index (κ3) is 1.84. The van der Waals surface area contributed by atoms with E-state index in [9.17, 15) is 9.90 Å². The maximum absolute atomic E-state index is 11.8. The zero-order valence-electron chi connectivity index (χ0n) is 11.9. The molecule has 0 spiro atoms. The lowest BCUT2D eigenvalue weighted by Crippen LogP contribution is -2.11. The second-order valence-electron chi connectivity index (χ2n) is 5.39. The fraction of sp³-hybridized carbons (Fsp3) is 0.111. The summed E-state index contributed by atoms with van der Waals surface area (Å²) in [4.78, 5) is 11.8. The fourth-order valence-corrected chi connectivity index (χ4v) is 3.11. The lowest BCUT2D eigenvalue weighted by atomic mass is 9.89.